The molecule has 0 N–H and O–H groups in total. The Hall–Kier alpha value is -0.570. The molecule has 1 saturated heterocycles. The standard InChI is InChI=1S/C13H19BrN2/c1-11-9-15-7-5-13(11)16-8-2-3-12(10-16)4-6-14/h5,7,9,12H,2-4,6,8,10H2,1H3. The van der Waals surface area contributed by atoms with Gasteiger partial charge in [-0.1, -0.05) is 15.9 Å². The number of halogens is 1. The molecule has 2 nitrogen and oxygen atoms in total. The van der Waals surface area contributed by atoms with Crippen molar-refractivity contribution in [3.8, 4) is 0 Å². The Labute approximate surface area is 106 Å². The van der Waals surface area contributed by atoms with Crippen LogP contribution < -0.4 is 4.90 Å². The second-order valence-electron chi connectivity index (χ2n) is 4.59. The zero-order valence-electron chi connectivity index (χ0n) is 9.82. The van der Waals surface area contributed by atoms with E-state index in [1.54, 1.807) is 0 Å². The van der Waals surface area contributed by atoms with Crippen LogP contribution >= 0.6 is 15.9 Å². The van der Waals surface area contributed by atoms with Crippen LogP contribution in [0.5, 0.6) is 0 Å². The summed E-state index contributed by atoms with van der Waals surface area (Å²) in [6.45, 7) is 4.55. The summed E-state index contributed by atoms with van der Waals surface area (Å²) in [6, 6.07) is 2.14. The quantitative estimate of drug-likeness (QED) is 0.790. The van der Waals surface area contributed by atoms with Gasteiger partial charge in [0.15, 0.2) is 0 Å². The molecule has 2 rings (SSSR count). The predicted molar refractivity (Wildman–Crippen MR) is 72.3 cm³/mol. The third kappa shape index (κ3) is 2.76. The molecule has 0 spiro atoms. The van der Waals surface area contributed by atoms with Gasteiger partial charge in [-0.3, -0.25) is 4.98 Å². The van der Waals surface area contributed by atoms with E-state index in [1.807, 2.05) is 12.4 Å². The SMILES string of the molecule is Cc1cnccc1N1CCCC(CCBr)C1. The largest absolute Gasteiger partial charge is 0.371 e. The van der Waals surface area contributed by atoms with E-state index in [0.29, 0.717) is 0 Å². The van der Waals surface area contributed by atoms with Gasteiger partial charge in [0, 0.05) is 36.5 Å². The molecule has 0 aliphatic carbocycles. The maximum absolute atomic E-state index is 4.16. The van der Waals surface area contributed by atoms with Crippen LogP contribution in [0.4, 0.5) is 5.69 Å². The lowest BCUT2D eigenvalue weighted by Crippen LogP contribution is -2.36. The van der Waals surface area contributed by atoms with Crippen molar-refractivity contribution in [1.82, 2.24) is 4.98 Å². The fourth-order valence-corrected chi connectivity index (χ4v) is 3.14. The Kier molecular flexibility index (Phi) is 4.22. The van der Waals surface area contributed by atoms with Crippen molar-refractivity contribution in [1.29, 1.82) is 0 Å². The first kappa shape index (κ1) is 11.9. The van der Waals surface area contributed by atoms with Crippen LogP contribution in [0.2, 0.25) is 0 Å². The molecule has 1 fully saturated rings. The van der Waals surface area contributed by atoms with Crippen LogP contribution in [0, 0.1) is 12.8 Å². The van der Waals surface area contributed by atoms with Gasteiger partial charge >= 0.3 is 0 Å². The van der Waals surface area contributed by atoms with Gasteiger partial charge in [-0.25, -0.2) is 0 Å². The minimum Gasteiger partial charge on any atom is -0.371 e. The summed E-state index contributed by atoms with van der Waals surface area (Å²) in [5, 5.41) is 1.13. The van der Waals surface area contributed by atoms with Crippen molar-refractivity contribution in [2.24, 2.45) is 5.92 Å². The molecule has 1 aromatic heterocycles. The first-order chi connectivity index (χ1) is 7.81. The van der Waals surface area contributed by atoms with Crippen molar-refractivity contribution in [2.45, 2.75) is 26.2 Å². The molecule has 0 amide bonds. The number of aromatic nitrogens is 1. The molecule has 1 atom stereocenters. The molecule has 1 unspecified atom stereocenters. The Morgan fingerprint density at radius 2 is 2.44 bits per heavy atom. The van der Waals surface area contributed by atoms with Crippen LogP contribution in [0.15, 0.2) is 18.5 Å². The number of piperidine rings is 1. The van der Waals surface area contributed by atoms with Gasteiger partial charge in [0.05, 0.1) is 0 Å². The lowest BCUT2D eigenvalue weighted by Gasteiger charge is -2.35. The zero-order chi connectivity index (χ0) is 11.4. The minimum absolute atomic E-state index is 0.848. The molecule has 1 aliphatic rings. The highest BCUT2D eigenvalue weighted by Crippen LogP contribution is 2.26. The maximum atomic E-state index is 4.16. The van der Waals surface area contributed by atoms with Crippen molar-refractivity contribution < 1.29 is 0 Å². The van der Waals surface area contributed by atoms with Crippen molar-refractivity contribution in [3.05, 3.63) is 24.0 Å². The lowest BCUT2D eigenvalue weighted by atomic mass is 9.95. The van der Waals surface area contributed by atoms with Gasteiger partial charge in [0.25, 0.3) is 0 Å². The Morgan fingerprint density at radius 1 is 1.56 bits per heavy atom. The predicted octanol–water partition coefficient (Wildman–Crippen LogP) is 3.39. The van der Waals surface area contributed by atoms with Gasteiger partial charge < -0.3 is 4.90 Å². The second-order valence-corrected chi connectivity index (χ2v) is 5.39. The summed E-state index contributed by atoms with van der Waals surface area (Å²) in [6.07, 6.45) is 7.85. The van der Waals surface area contributed by atoms with Gasteiger partial charge in [-0.2, -0.15) is 0 Å². The fourth-order valence-electron chi connectivity index (χ4n) is 2.49. The summed E-state index contributed by atoms with van der Waals surface area (Å²) in [5.74, 6) is 0.848. The van der Waals surface area contributed by atoms with Crippen LogP contribution in [-0.2, 0) is 0 Å². The van der Waals surface area contributed by atoms with Gasteiger partial charge in [-0.05, 0) is 43.7 Å². The molecule has 3 heteroatoms. The van der Waals surface area contributed by atoms with Gasteiger partial charge in [-0.15, -0.1) is 0 Å². The average Bonchev–Trinajstić information content (AvgIpc) is 2.30. The third-order valence-electron chi connectivity index (χ3n) is 3.37. The molecule has 88 valence electrons. The summed E-state index contributed by atoms with van der Waals surface area (Å²) in [7, 11) is 0. The number of pyridine rings is 1. The third-order valence-corrected chi connectivity index (χ3v) is 3.83. The van der Waals surface area contributed by atoms with Crippen molar-refractivity contribution >= 4 is 21.6 Å². The first-order valence-corrected chi connectivity index (χ1v) is 7.15. The molecule has 2 heterocycles. The molecule has 0 radical (unpaired) electrons. The number of nitrogens with zero attached hydrogens (tertiary/aromatic N) is 2. The fraction of sp³-hybridized carbons (Fsp3) is 0.615. The number of anilines is 1. The molecule has 1 aromatic rings. The van der Waals surface area contributed by atoms with E-state index in [-0.39, 0.29) is 0 Å². The van der Waals surface area contributed by atoms with Gasteiger partial charge in [0.2, 0.25) is 0 Å². The van der Waals surface area contributed by atoms with E-state index in [1.165, 1.54) is 43.6 Å². The highest BCUT2D eigenvalue weighted by Gasteiger charge is 2.20. The van der Waals surface area contributed by atoms with E-state index >= 15 is 0 Å². The Morgan fingerprint density at radius 3 is 3.19 bits per heavy atom. The normalized spacial score (nSPS) is 21.1. The summed E-state index contributed by atoms with van der Waals surface area (Å²) in [4.78, 5) is 6.68. The van der Waals surface area contributed by atoms with E-state index < -0.39 is 0 Å². The smallest absolute Gasteiger partial charge is 0.0426 e. The highest BCUT2D eigenvalue weighted by molar-refractivity contribution is 9.09. The molecule has 0 saturated carbocycles. The summed E-state index contributed by atoms with van der Waals surface area (Å²) in [5.41, 5.74) is 2.66. The van der Waals surface area contributed by atoms with Crippen LogP contribution in [-0.4, -0.2) is 23.4 Å². The van der Waals surface area contributed by atoms with E-state index in [2.05, 4.69) is 38.8 Å². The molecule has 0 bridgehead atoms. The highest BCUT2D eigenvalue weighted by atomic mass is 79.9. The monoisotopic (exact) mass is 282 g/mol. The zero-order valence-corrected chi connectivity index (χ0v) is 11.4. The Bertz CT molecular complexity index is 338. The number of hydrogen-bond donors (Lipinski definition) is 0. The number of alkyl halides is 1. The molecule has 0 aromatic carbocycles. The lowest BCUT2D eigenvalue weighted by molar-refractivity contribution is 0.407. The summed E-state index contributed by atoms with van der Waals surface area (Å²) < 4.78 is 0. The second kappa shape index (κ2) is 5.67. The van der Waals surface area contributed by atoms with E-state index in [9.17, 15) is 0 Å². The van der Waals surface area contributed by atoms with Crippen LogP contribution in [0.3, 0.4) is 0 Å². The number of aryl methyl sites for hydroxylation is 1. The van der Waals surface area contributed by atoms with Crippen molar-refractivity contribution in [2.75, 3.05) is 23.3 Å². The number of rotatable bonds is 3. The molecule has 16 heavy (non-hydrogen) atoms. The Balaban J connectivity index is 2.07. The minimum atomic E-state index is 0.848. The molecular weight excluding hydrogens is 264 g/mol. The van der Waals surface area contributed by atoms with Crippen molar-refractivity contribution in [3.63, 3.8) is 0 Å². The van der Waals surface area contributed by atoms with E-state index in [4.69, 9.17) is 0 Å². The van der Waals surface area contributed by atoms with Crippen LogP contribution in [0.1, 0.15) is 24.8 Å². The molecular formula is C13H19BrN2. The molecule has 1 aliphatic heterocycles. The maximum Gasteiger partial charge on any atom is 0.0426 e. The summed E-state index contributed by atoms with van der Waals surface area (Å²) >= 11 is 3.55. The van der Waals surface area contributed by atoms with Crippen LogP contribution in [0.25, 0.3) is 0 Å². The van der Waals surface area contributed by atoms with Gasteiger partial charge in [0.1, 0.15) is 0 Å². The number of hydrogen-bond acceptors (Lipinski definition) is 2. The average molecular weight is 283 g/mol. The topological polar surface area (TPSA) is 16.1 Å². The first-order valence-electron chi connectivity index (χ1n) is 6.03. The van der Waals surface area contributed by atoms with E-state index in [0.717, 1.165) is 11.2 Å².